The molecular formula is C7H5BrOS. The van der Waals surface area contributed by atoms with Crippen molar-refractivity contribution in [2.24, 2.45) is 0 Å². The van der Waals surface area contributed by atoms with Gasteiger partial charge in [0.15, 0.2) is 4.67 Å². The Hall–Kier alpha value is -0.280. The molecule has 0 atom stereocenters. The van der Waals surface area contributed by atoms with Gasteiger partial charge in [-0.2, -0.15) is 0 Å². The topological polar surface area (TPSA) is 13.1 Å². The second-order valence-electron chi connectivity index (χ2n) is 2.11. The van der Waals surface area contributed by atoms with Crippen molar-refractivity contribution in [1.82, 2.24) is 0 Å². The van der Waals surface area contributed by atoms with Gasteiger partial charge in [-0.1, -0.05) is 0 Å². The molecule has 1 nitrogen and oxygen atoms in total. The Balaban J connectivity index is 2.95. The van der Waals surface area contributed by atoms with Crippen LogP contribution >= 0.6 is 27.3 Å². The third kappa shape index (κ3) is 0.739. The molecule has 2 heterocycles. The van der Waals surface area contributed by atoms with Crippen LogP contribution in [0.1, 0.15) is 5.56 Å². The van der Waals surface area contributed by atoms with E-state index in [1.54, 1.807) is 11.3 Å². The maximum absolute atomic E-state index is 5.37. The molecule has 0 fully saturated rings. The predicted octanol–water partition coefficient (Wildman–Crippen LogP) is 3.57. The summed E-state index contributed by atoms with van der Waals surface area (Å²) in [6.45, 7) is 2.05. The maximum atomic E-state index is 5.37. The van der Waals surface area contributed by atoms with Gasteiger partial charge in [-0.3, -0.25) is 0 Å². The summed E-state index contributed by atoms with van der Waals surface area (Å²) in [5.74, 6) is 0. The highest BCUT2D eigenvalue weighted by atomic mass is 79.9. The smallest absolute Gasteiger partial charge is 0.174 e. The molecule has 0 amide bonds. The molecule has 0 aliphatic heterocycles. The Bertz CT molecular complexity index is 360. The van der Waals surface area contributed by atoms with E-state index in [4.69, 9.17) is 4.42 Å². The number of hydrogen-bond donors (Lipinski definition) is 0. The molecule has 0 aromatic carbocycles. The Morgan fingerprint density at radius 1 is 1.60 bits per heavy atom. The quantitative estimate of drug-likeness (QED) is 0.657. The first-order valence-electron chi connectivity index (χ1n) is 2.91. The van der Waals surface area contributed by atoms with Crippen molar-refractivity contribution in [2.45, 2.75) is 6.92 Å². The summed E-state index contributed by atoms with van der Waals surface area (Å²) >= 11 is 5.04. The van der Waals surface area contributed by atoms with Crippen molar-refractivity contribution < 1.29 is 4.42 Å². The van der Waals surface area contributed by atoms with E-state index in [0.717, 1.165) is 10.3 Å². The minimum Gasteiger partial charge on any atom is -0.448 e. The van der Waals surface area contributed by atoms with Crippen molar-refractivity contribution in [3.05, 3.63) is 21.7 Å². The lowest BCUT2D eigenvalue weighted by atomic mass is 10.4. The van der Waals surface area contributed by atoms with Gasteiger partial charge in [0.05, 0.1) is 4.70 Å². The predicted molar refractivity (Wildman–Crippen MR) is 46.5 cm³/mol. The van der Waals surface area contributed by atoms with Crippen LogP contribution in [0, 0.1) is 6.92 Å². The lowest BCUT2D eigenvalue weighted by Crippen LogP contribution is -1.59. The van der Waals surface area contributed by atoms with E-state index in [1.165, 1.54) is 10.3 Å². The number of halogens is 1. The summed E-state index contributed by atoms with van der Waals surface area (Å²) in [6.07, 6.45) is 0. The van der Waals surface area contributed by atoms with Crippen LogP contribution in [0.25, 0.3) is 10.3 Å². The second-order valence-corrected chi connectivity index (χ2v) is 3.75. The van der Waals surface area contributed by atoms with Gasteiger partial charge in [0.25, 0.3) is 0 Å². The summed E-state index contributed by atoms with van der Waals surface area (Å²) in [6, 6.07) is 1.98. The first-order chi connectivity index (χ1) is 4.79. The molecule has 10 heavy (non-hydrogen) atoms. The number of thiophene rings is 1. The van der Waals surface area contributed by atoms with Crippen LogP contribution in [0.5, 0.6) is 0 Å². The Labute approximate surface area is 70.8 Å². The normalized spacial score (nSPS) is 11.0. The number of hydrogen-bond acceptors (Lipinski definition) is 2. The lowest BCUT2D eigenvalue weighted by Gasteiger charge is -1.79. The highest BCUT2D eigenvalue weighted by Gasteiger charge is 2.07. The van der Waals surface area contributed by atoms with E-state index in [0.29, 0.717) is 0 Å². The molecule has 0 aliphatic rings. The molecule has 0 saturated heterocycles. The monoisotopic (exact) mass is 216 g/mol. The molecule has 0 unspecified atom stereocenters. The third-order valence-electron chi connectivity index (χ3n) is 1.46. The molecule has 0 aliphatic carbocycles. The number of rotatable bonds is 0. The highest BCUT2D eigenvalue weighted by molar-refractivity contribution is 9.10. The van der Waals surface area contributed by atoms with E-state index < -0.39 is 0 Å². The first kappa shape index (κ1) is 6.43. The Kier molecular flexibility index (Phi) is 1.35. The number of fused-ring (bicyclic) bond motifs is 1. The molecule has 2 aromatic rings. The zero-order valence-corrected chi connectivity index (χ0v) is 7.75. The van der Waals surface area contributed by atoms with E-state index in [9.17, 15) is 0 Å². The zero-order valence-electron chi connectivity index (χ0n) is 5.35. The van der Waals surface area contributed by atoms with Gasteiger partial charge in [0.1, 0.15) is 5.58 Å². The molecule has 2 aromatic heterocycles. The van der Waals surface area contributed by atoms with Gasteiger partial charge >= 0.3 is 0 Å². The standard InChI is InChI=1S/C7H5BrOS/c1-4-6-5(2-3-10-6)9-7(4)8/h2-3H,1H3. The van der Waals surface area contributed by atoms with Crippen LogP contribution in [-0.4, -0.2) is 0 Å². The molecule has 0 radical (unpaired) electrons. The van der Waals surface area contributed by atoms with Crippen LogP contribution in [0.4, 0.5) is 0 Å². The molecule has 3 heteroatoms. The summed E-state index contributed by atoms with van der Waals surface area (Å²) in [5.41, 5.74) is 2.18. The SMILES string of the molecule is Cc1c(Br)oc2ccsc12. The van der Waals surface area contributed by atoms with Gasteiger partial charge in [0.2, 0.25) is 0 Å². The fourth-order valence-electron chi connectivity index (χ4n) is 0.914. The molecule has 2 rings (SSSR count). The molecular weight excluding hydrogens is 212 g/mol. The largest absolute Gasteiger partial charge is 0.448 e. The van der Waals surface area contributed by atoms with E-state index in [-0.39, 0.29) is 0 Å². The van der Waals surface area contributed by atoms with E-state index in [2.05, 4.69) is 15.9 Å². The lowest BCUT2D eigenvalue weighted by molar-refractivity contribution is 0.584. The number of aryl methyl sites for hydroxylation is 1. The van der Waals surface area contributed by atoms with Crippen LogP contribution in [-0.2, 0) is 0 Å². The zero-order chi connectivity index (χ0) is 7.14. The fraction of sp³-hybridized carbons (Fsp3) is 0.143. The van der Waals surface area contributed by atoms with Gasteiger partial charge in [-0.15, -0.1) is 11.3 Å². The average Bonchev–Trinajstić information content (AvgIpc) is 2.41. The van der Waals surface area contributed by atoms with E-state index >= 15 is 0 Å². The first-order valence-corrected chi connectivity index (χ1v) is 4.58. The van der Waals surface area contributed by atoms with Crippen LogP contribution in [0.3, 0.4) is 0 Å². The molecule has 0 saturated carbocycles. The highest BCUT2D eigenvalue weighted by Crippen LogP contribution is 2.32. The van der Waals surface area contributed by atoms with Gasteiger partial charge in [-0.05, 0) is 34.3 Å². The summed E-state index contributed by atoms with van der Waals surface area (Å²) in [5, 5.41) is 2.04. The second kappa shape index (κ2) is 2.10. The molecule has 0 bridgehead atoms. The molecule has 0 N–H and O–H groups in total. The van der Waals surface area contributed by atoms with E-state index in [1.807, 2.05) is 18.4 Å². The van der Waals surface area contributed by atoms with Crippen LogP contribution in [0.2, 0.25) is 0 Å². The summed E-state index contributed by atoms with van der Waals surface area (Å²) in [7, 11) is 0. The maximum Gasteiger partial charge on any atom is 0.174 e. The third-order valence-corrected chi connectivity index (χ3v) is 3.24. The van der Waals surface area contributed by atoms with Gasteiger partial charge in [-0.25, -0.2) is 0 Å². The van der Waals surface area contributed by atoms with Gasteiger partial charge in [0, 0.05) is 5.56 Å². The minimum absolute atomic E-state index is 0.856. The van der Waals surface area contributed by atoms with Gasteiger partial charge < -0.3 is 4.42 Å². The summed E-state index contributed by atoms with van der Waals surface area (Å²) < 4.78 is 7.46. The molecule has 0 spiro atoms. The van der Waals surface area contributed by atoms with Crippen molar-refractivity contribution in [2.75, 3.05) is 0 Å². The van der Waals surface area contributed by atoms with Crippen LogP contribution in [0.15, 0.2) is 20.5 Å². The van der Waals surface area contributed by atoms with Crippen molar-refractivity contribution in [1.29, 1.82) is 0 Å². The van der Waals surface area contributed by atoms with Crippen LogP contribution < -0.4 is 0 Å². The fourth-order valence-corrected chi connectivity index (χ4v) is 2.24. The Morgan fingerprint density at radius 2 is 2.40 bits per heavy atom. The molecule has 52 valence electrons. The summed E-state index contributed by atoms with van der Waals surface area (Å²) in [4.78, 5) is 0. The van der Waals surface area contributed by atoms with Crippen molar-refractivity contribution in [3.63, 3.8) is 0 Å². The minimum atomic E-state index is 0.856. The number of furan rings is 1. The average molecular weight is 217 g/mol. The van der Waals surface area contributed by atoms with Crippen molar-refractivity contribution in [3.8, 4) is 0 Å². The van der Waals surface area contributed by atoms with Crippen molar-refractivity contribution >= 4 is 37.5 Å². The Morgan fingerprint density at radius 3 is 3.10 bits per heavy atom.